The molecule has 0 saturated heterocycles. The summed E-state index contributed by atoms with van der Waals surface area (Å²) in [7, 11) is 0. The number of nitrogens with zero attached hydrogens (tertiary/aromatic N) is 5. The quantitative estimate of drug-likeness (QED) is 0.157. The Bertz CT molecular complexity index is 2860. The molecule has 0 aliphatic rings. The summed E-state index contributed by atoms with van der Waals surface area (Å²) in [6, 6.07) is 73.9. The summed E-state index contributed by atoms with van der Waals surface area (Å²) in [4.78, 5) is 17.9. The number of benzene rings is 8. The van der Waals surface area contributed by atoms with Gasteiger partial charge in [-0.15, -0.1) is 0 Å². The normalized spacial score (nSPS) is 11.2. The van der Waals surface area contributed by atoms with E-state index in [1.807, 2.05) is 18.2 Å². The van der Waals surface area contributed by atoms with Crippen molar-refractivity contribution in [1.29, 1.82) is 0 Å². The molecule has 0 atom stereocenters. The van der Waals surface area contributed by atoms with E-state index in [0.29, 0.717) is 17.6 Å². The van der Waals surface area contributed by atoms with Gasteiger partial charge in [0.2, 0.25) is 5.95 Å². The molecule has 0 unspecified atom stereocenters. The Labute approximate surface area is 325 Å². The zero-order valence-electron chi connectivity index (χ0n) is 30.4. The second-order valence-corrected chi connectivity index (χ2v) is 13.7. The molecule has 2 aromatic heterocycles. The van der Waals surface area contributed by atoms with Crippen LogP contribution in [-0.2, 0) is 0 Å². The molecule has 56 heavy (non-hydrogen) atoms. The predicted molar refractivity (Wildman–Crippen MR) is 231 cm³/mol. The minimum atomic E-state index is 0.573. The van der Waals surface area contributed by atoms with Gasteiger partial charge in [0.25, 0.3) is 0 Å². The Hall–Kier alpha value is -7.63. The third-order valence-corrected chi connectivity index (χ3v) is 10.2. The van der Waals surface area contributed by atoms with Crippen LogP contribution in [0.2, 0.25) is 0 Å². The fourth-order valence-corrected chi connectivity index (χ4v) is 7.57. The van der Waals surface area contributed by atoms with Crippen molar-refractivity contribution in [2.75, 3.05) is 4.90 Å². The molecule has 0 radical (unpaired) electrons. The van der Waals surface area contributed by atoms with Crippen LogP contribution in [0.1, 0.15) is 0 Å². The van der Waals surface area contributed by atoms with Crippen LogP contribution in [0.25, 0.3) is 72.8 Å². The van der Waals surface area contributed by atoms with Gasteiger partial charge in [-0.05, 0) is 76.9 Å². The molecule has 0 fully saturated rings. The molecule has 10 rings (SSSR count). The van der Waals surface area contributed by atoms with Gasteiger partial charge >= 0.3 is 0 Å². The maximum absolute atomic E-state index is 5.23. The summed E-state index contributed by atoms with van der Waals surface area (Å²) in [6.45, 7) is 0. The third kappa shape index (κ3) is 6.17. The van der Waals surface area contributed by atoms with Crippen molar-refractivity contribution in [2.24, 2.45) is 0 Å². The van der Waals surface area contributed by atoms with E-state index in [-0.39, 0.29) is 0 Å². The minimum Gasteiger partial charge on any atom is -0.310 e. The van der Waals surface area contributed by atoms with Gasteiger partial charge in [0.15, 0.2) is 11.6 Å². The van der Waals surface area contributed by atoms with Crippen LogP contribution in [-0.4, -0.2) is 19.5 Å². The molecule has 0 aliphatic heterocycles. The first-order valence-corrected chi connectivity index (χ1v) is 18.8. The zero-order chi connectivity index (χ0) is 37.3. The molecule has 0 saturated carbocycles. The smallest absolute Gasteiger partial charge is 0.238 e. The molecule has 0 bridgehead atoms. The summed E-state index contributed by atoms with van der Waals surface area (Å²) in [6.07, 6.45) is 0. The molecule has 5 nitrogen and oxygen atoms in total. The van der Waals surface area contributed by atoms with Crippen molar-refractivity contribution in [3.63, 3.8) is 0 Å². The van der Waals surface area contributed by atoms with Gasteiger partial charge in [0.05, 0.1) is 11.0 Å². The number of fused-ring (bicyclic) bond motifs is 3. The molecule has 8 aromatic carbocycles. The maximum atomic E-state index is 5.23. The first-order chi connectivity index (χ1) is 27.8. The summed E-state index contributed by atoms with van der Waals surface area (Å²) in [5.74, 6) is 1.79. The van der Waals surface area contributed by atoms with Crippen LogP contribution in [0.15, 0.2) is 212 Å². The molecule has 0 spiro atoms. The monoisotopic (exact) mass is 717 g/mol. The molecule has 2 heterocycles. The van der Waals surface area contributed by atoms with Crippen LogP contribution in [0.5, 0.6) is 0 Å². The fraction of sp³-hybridized carbons (Fsp3) is 0. The van der Waals surface area contributed by atoms with Crippen LogP contribution in [0, 0.1) is 0 Å². The molecule has 0 aliphatic carbocycles. The number of hydrogen-bond acceptors (Lipinski definition) is 4. The first-order valence-electron chi connectivity index (χ1n) is 18.8. The van der Waals surface area contributed by atoms with E-state index in [0.717, 1.165) is 72.2 Å². The lowest BCUT2D eigenvalue weighted by Gasteiger charge is -2.26. The van der Waals surface area contributed by atoms with Gasteiger partial charge in [-0.2, -0.15) is 9.97 Å². The minimum absolute atomic E-state index is 0.573. The van der Waals surface area contributed by atoms with Crippen LogP contribution in [0.3, 0.4) is 0 Å². The number of anilines is 3. The van der Waals surface area contributed by atoms with Gasteiger partial charge < -0.3 is 4.90 Å². The second kappa shape index (κ2) is 14.3. The van der Waals surface area contributed by atoms with Crippen molar-refractivity contribution in [2.45, 2.75) is 0 Å². The van der Waals surface area contributed by atoms with Crippen molar-refractivity contribution in [1.82, 2.24) is 19.5 Å². The molecule has 0 N–H and O–H groups in total. The highest BCUT2D eigenvalue weighted by Gasteiger charge is 2.19. The summed E-state index contributed by atoms with van der Waals surface area (Å²) in [5, 5.41) is 2.31. The van der Waals surface area contributed by atoms with Crippen molar-refractivity contribution >= 4 is 38.9 Å². The van der Waals surface area contributed by atoms with Crippen LogP contribution >= 0.6 is 0 Å². The molecule has 0 amide bonds. The predicted octanol–water partition coefficient (Wildman–Crippen LogP) is 13.1. The standard InChI is InChI=1S/C51H35N5/c1-4-16-36(17-5-1)37-30-32-38(33-31-37)49-52-50(54-51(53-49)56-47-28-12-10-26-45(47)46-27-11-13-29-48(46)56)41-20-14-18-39(34-41)40-19-15-25-44(35-40)55(42-21-6-2-7-22-42)43-23-8-3-9-24-43/h1-35H. The molecule has 10 aromatic rings. The van der Waals surface area contributed by atoms with Gasteiger partial charge in [0.1, 0.15) is 0 Å². The Morgan fingerprint density at radius 2 is 0.732 bits per heavy atom. The average molecular weight is 718 g/mol. The number of rotatable bonds is 8. The molecular weight excluding hydrogens is 683 g/mol. The SMILES string of the molecule is c1ccc(-c2ccc(-c3nc(-c4cccc(-c5cccc(N(c6ccccc6)c6ccccc6)c5)c4)nc(-n4c5ccccc5c5ccccc54)n3)cc2)cc1. The Balaban J connectivity index is 1.11. The van der Waals surface area contributed by atoms with Gasteiger partial charge in [-0.3, -0.25) is 4.57 Å². The van der Waals surface area contributed by atoms with Crippen LogP contribution in [0.4, 0.5) is 17.1 Å². The first kappa shape index (κ1) is 33.0. The fourth-order valence-electron chi connectivity index (χ4n) is 7.57. The lowest BCUT2D eigenvalue weighted by molar-refractivity contribution is 0.953. The van der Waals surface area contributed by atoms with Gasteiger partial charge in [0, 0.05) is 39.0 Å². The summed E-state index contributed by atoms with van der Waals surface area (Å²) >= 11 is 0. The van der Waals surface area contributed by atoms with Crippen LogP contribution < -0.4 is 4.90 Å². The molecule has 5 heteroatoms. The average Bonchev–Trinajstić information content (AvgIpc) is 3.62. The Kier molecular flexibility index (Phi) is 8.43. The number of aromatic nitrogens is 4. The Morgan fingerprint density at radius 3 is 1.36 bits per heavy atom. The van der Waals surface area contributed by atoms with E-state index in [1.165, 1.54) is 0 Å². The van der Waals surface area contributed by atoms with E-state index in [9.17, 15) is 0 Å². The van der Waals surface area contributed by atoms with Crippen molar-refractivity contribution < 1.29 is 0 Å². The maximum Gasteiger partial charge on any atom is 0.238 e. The highest BCUT2D eigenvalue weighted by atomic mass is 15.2. The van der Waals surface area contributed by atoms with E-state index < -0.39 is 0 Å². The van der Waals surface area contributed by atoms with Gasteiger partial charge in [-0.25, -0.2) is 4.98 Å². The topological polar surface area (TPSA) is 46.8 Å². The third-order valence-electron chi connectivity index (χ3n) is 10.2. The van der Waals surface area contributed by atoms with E-state index in [1.54, 1.807) is 0 Å². The van der Waals surface area contributed by atoms with E-state index in [2.05, 4.69) is 204 Å². The van der Waals surface area contributed by atoms with Gasteiger partial charge in [-0.1, -0.05) is 158 Å². The Morgan fingerprint density at radius 1 is 0.304 bits per heavy atom. The zero-order valence-corrected chi connectivity index (χ0v) is 30.4. The van der Waals surface area contributed by atoms with E-state index >= 15 is 0 Å². The summed E-state index contributed by atoms with van der Waals surface area (Å²) in [5.41, 5.74) is 11.6. The summed E-state index contributed by atoms with van der Waals surface area (Å²) < 4.78 is 2.16. The highest BCUT2D eigenvalue weighted by molar-refractivity contribution is 6.09. The van der Waals surface area contributed by atoms with Crippen molar-refractivity contribution in [3.8, 4) is 51.0 Å². The lowest BCUT2D eigenvalue weighted by Crippen LogP contribution is -2.09. The molecular formula is C51H35N5. The lowest BCUT2D eigenvalue weighted by atomic mass is 10.0. The highest BCUT2D eigenvalue weighted by Crippen LogP contribution is 2.37. The second-order valence-electron chi connectivity index (χ2n) is 13.7. The molecule has 264 valence electrons. The number of para-hydroxylation sites is 4. The van der Waals surface area contributed by atoms with E-state index in [4.69, 9.17) is 15.0 Å². The van der Waals surface area contributed by atoms with Crippen molar-refractivity contribution in [3.05, 3.63) is 212 Å². The largest absolute Gasteiger partial charge is 0.310 e. The number of hydrogen-bond donors (Lipinski definition) is 0.